The molecule has 0 saturated carbocycles. The first-order valence-corrected chi connectivity index (χ1v) is 6.80. The van der Waals surface area contributed by atoms with Crippen molar-refractivity contribution in [3.8, 4) is 12.3 Å². The molecule has 0 spiro atoms. The molecule has 1 aromatic rings. The largest absolute Gasteiger partial charge is 0.388 e. The molecule has 0 aliphatic carbocycles. The summed E-state index contributed by atoms with van der Waals surface area (Å²) in [6.45, 7) is 7.53. The predicted octanol–water partition coefficient (Wildman–Crippen LogP) is 2.54. The molecule has 0 amide bonds. The standard InChI is InChI=1S/C14H18INO2/c1-6-7-9-10(11(17)14(3,4)5)8(2)13(18)16-12(9)15/h1,11,17H,7H2,2-5H3,(H,16,18). The number of terminal acetylenes is 1. The molecular weight excluding hydrogens is 341 g/mol. The minimum Gasteiger partial charge on any atom is -0.388 e. The van der Waals surface area contributed by atoms with E-state index >= 15 is 0 Å². The van der Waals surface area contributed by atoms with Gasteiger partial charge in [-0.25, -0.2) is 0 Å². The summed E-state index contributed by atoms with van der Waals surface area (Å²) in [5.41, 5.74) is 1.55. The lowest BCUT2D eigenvalue weighted by Crippen LogP contribution is -2.26. The molecule has 1 rings (SSSR count). The highest BCUT2D eigenvalue weighted by atomic mass is 127. The second-order valence-electron chi connectivity index (χ2n) is 5.43. The summed E-state index contributed by atoms with van der Waals surface area (Å²) in [6.07, 6.45) is 5.06. The maximum absolute atomic E-state index is 11.8. The first-order valence-electron chi connectivity index (χ1n) is 5.72. The Morgan fingerprint density at radius 3 is 2.50 bits per heavy atom. The van der Waals surface area contributed by atoms with Gasteiger partial charge in [0.25, 0.3) is 5.56 Å². The molecule has 1 aromatic heterocycles. The third-order valence-electron chi connectivity index (χ3n) is 2.93. The minimum atomic E-state index is -0.711. The highest BCUT2D eigenvalue weighted by molar-refractivity contribution is 14.1. The predicted molar refractivity (Wildman–Crippen MR) is 81.5 cm³/mol. The Labute approximate surface area is 121 Å². The Balaban J connectivity index is 3.59. The fourth-order valence-electron chi connectivity index (χ4n) is 1.81. The normalized spacial score (nSPS) is 13.2. The number of hydrogen-bond donors (Lipinski definition) is 2. The van der Waals surface area contributed by atoms with E-state index < -0.39 is 6.10 Å². The molecule has 4 heteroatoms. The highest BCUT2D eigenvalue weighted by Crippen LogP contribution is 2.36. The van der Waals surface area contributed by atoms with Crippen LogP contribution in [0.15, 0.2) is 4.79 Å². The lowest BCUT2D eigenvalue weighted by Gasteiger charge is -2.29. The minimum absolute atomic E-state index is 0.168. The van der Waals surface area contributed by atoms with E-state index in [1.165, 1.54) is 0 Å². The fraction of sp³-hybridized carbons (Fsp3) is 0.500. The van der Waals surface area contributed by atoms with Crippen LogP contribution in [-0.4, -0.2) is 10.1 Å². The van der Waals surface area contributed by atoms with Gasteiger partial charge in [0.15, 0.2) is 0 Å². The van der Waals surface area contributed by atoms with Gasteiger partial charge in [0, 0.05) is 17.5 Å². The zero-order chi connectivity index (χ0) is 14.1. The van der Waals surface area contributed by atoms with Crippen LogP contribution in [0, 0.1) is 28.4 Å². The summed E-state index contributed by atoms with van der Waals surface area (Å²) >= 11 is 2.05. The van der Waals surface area contributed by atoms with E-state index in [-0.39, 0.29) is 11.0 Å². The van der Waals surface area contributed by atoms with Crippen molar-refractivity contribution >= 4 is 22.6 Å². The molecule has 0 aromatic carbocycles. The van der Waals surface area contributed by atoms with E-state index in [0.29, 0.717) is 21.2 Å². The van der Waals surface area contributed by atoms with Gasteiger partial charge in [0.05, 0.1) is 9.80 Å². The van der Waals surface area contributed by atoms with Crippen molar-refractivity contribution in [1.82, 2.24) is 4.98 Å². The molecule has 1 unspecified atom stereocenters. The molecule has 18 heavy (non-hydrogen) atoms. The molecule has 98 valence electrons. The van der Waals surface area contributed by atoms with Gasteiger partial charge in [-0.1, -0.05) is 20.8 Å². The number of H-pyrrole nitrogens is 1. The average Bonchev–Trinajstić information content (AvgIpc) is 2.24. The van der Waals surface area contributed by atoms with Crippen molar-refractivity contribution in [3.05, 3.63) is 30.7 Å². The van der Waals surface area contributed by atoms with Crippen LogP contribution in [0.25, 0.3) is 0 Å². The molecule has 0 radical (unpaired) electrons. The number of aliphatic hydroxyl groups is 1. The van der Waals surface area contributed by atoms with Crippen LogP contribution in [0.5, 0.6) is 0 Å². The number of hydrogen-bond acceptors (Lipinski definition) is 2. The number of aromatic amines is 1. The second-order valence-corrected chi connectivity index (χ2v) is 6.51. The van der Waals surface area contributed by atoms with E-state index in [0.717, 1.165) is 5.56 Å². The summed E-state index contributed by atoms with van der Waals surface area (Å²) in [6, 6.07) is 0. The quantitative estimate of drug-likeness (QED) is 0.485. The van der Waals surface area contributed by atoms with Crippen molar-refractivity contribution in [2.75, 3.05) is 0 Å². The van der Waals surface area contributed by atoms with Gasteiger partial charge in [0.2, 0.25) is 0 Å². The first-order chi connectivity index (χ1) is 8.20. The van der Waals surface area contributed by atoms with E-state index in [9.17, 15) is 9.90 Å². The molecule has 0 fully saturated rings. The van der Waals surface area contributed by atoms with E-state index in [2.05, 4.69) is 33.5 Å². The van der Waals surface area contributed by atoms with Gasteiger partial charge in [-0.05, 0) is 40.5 Å². The van der Waals surface area contributed by atoms with Crippen LogP contribution in [0.1, 0.15) is 43.6 Å². The Hall–Kier alpha value is -0.800. The highest BCUT2D eigenvalue weighted by Gasteiger charge is 2.29. The summed E-state index contributed by atoms with van der Waals surface area (Å²) < 4.78 is 0.708. The molecule has 1 heterocycles. The van der Waals surface area contributed by atoms with E-state index in [1.54, 1.807) is 6.92 Å². The molecule has 1 atom stereocenters. The van der Waals surface area contributed by atoms with Gasteiger partial charge in [-0.2, -0.15) is 0 Å². The Bertz CT molecular complexity index is 547. The number of halogens is 1. The molecule has 0 aliphatic rings. The molecular formula is C14H18INO2. The molecule has 0 saturated heterocycles. The third-order valence-corrected chi connectivity index (χ3v) is 3.85. The monoisotopic (exact) mass is 359 g/mol. The number of nitrogens with one attached hydrogen (secondary N) is 1. The van der Waals surface area contributed by atoms with Crippen molar-refractivity contribution in [2.24, 2.45) is 5.41 Å². The zero-order valence-electron chi connectivity index (χ0n) is 11.1. The topological polar surface area (TPSA) is 53.1 Å². The van der Waals surface area contributed by atoms with Gasteiger partial charge >= 0.3 is 0 Å². The molecule has 3 nitrogen and oxygen atoms in total. The number of aromatic nitrogens is 1. The van der Waals surface area contributed by atoms with E-state index in [1.807, 2.05) is 20.8 Å². The third kappa shape index (κ3) is 2.96. The summed E-state index contributed by atoms with van der Waals surface area (Å²) in [5.74, 6) is 2.58. The fourth-order valence-corrected chi connectivity index (χ4v) is 2.54. The number of aliphatic hydroxyl groups excluding tert-OH is 1. The average molecular weight is 359 g/mol. The van der Waals surface area contributed by atoms with Crippen molar-refractivity contribution in [3.63, 3.8) is 0 Å². The van der Waals surface area contributed by atoms with Crippen LogP contribution in [0.2, 0.25) is 0 Å². The van der Waals surface area contributed by atoms with Crippen molar-refractivity contribution < 1.29 is 5.11 Å². The van der Waals surface area contributed by atoms with Crippen molar-refractivity contribution in [2.45, 2.75) is 40.2 Å². The van der Waals surface area contributed by atoms with Gasteiger partial charge in [-0.15, -0.1) is 12.3 Å². The van der Waals surface area contributed by atoms with E-state index in [4.69, 9.17) is 6.42 Å². The number of pyridine rings is 1. The van der Waals surface area contributed by atoms with Crippen LogP contribution < -0.4 is 5.56 Å². The first kappa shape index (κ1) is 15.3. The van der Waals surface area contributed by atoms with Crippen molar-refractivity contribution in [1.29, 1.82) is 0 Å². The summed E-state index contributed by atoms with van der Waals surface area (Å²) in [7, 11) is 0. The molecule has 2 N–H and O–H groups in total. The van der Waals surface area contributed by atoms with Gasteiger partial charge in [-0.3, -0.25) is 4.79 Å². The summed E-state index contributed by atoms with van der Waals surface area (Å²) in [5, 5.41) is 10.5. The van der Waals surface area contributed by atoms with Gasteiger partial charge < -0.3 is 10.1 Å². The SMILES string of the molecule is C#CCc1c(I)[nH]c(=O)c(C)c1C(O)C(C)(C)C. The van der Waals surface area contributed by atoms with Crippen LogP contribution in [-0.2, 0) is 6.42 Å². The number of rotatable bonds is 2. The Kier molecular flexibility index (Phi) is 4.62. The van der Waals surface area contributed by atoms with Gasteiger partial charge in [0.1, 0.15) is 0 Å². The van der Waals surface area contributed by atoms with Crippen LogP contribution in [0.4, 0.5) is 0 Å². The summed E-state index contributed by atoms with van der Waals surface area (Å²) in [4.78, 5) is 14.6. The zero-order valence-corrected chi connectivity index (χ0v) is 13.3. The second kappa shape index (κ2) is 5.45. The lowest BCUT2D eigenvalue weighted by atomic mass is 9.81. The van der Waals surface area contributed by atoms with Crippen LogP contribution in [0.3, 0.4) is 0 Å². The maximum atomic E-state index is 11.8. The molecule has 0 bridgehead atoms. The van der Waals surface area contributed by atoms with Crippen LogP contribution >= 0.6 is 22.6 Å². The Morgan fingerprint density at radius 2 is 2.06 bits per heavy atom. The lowest BCUT2D eigenvalue weighted by molar-refractivity contribution is 0.0612. The molecule has 0 aliphatic heterocycles. The smallest absolute Gasteiger partial charge is 0.252 e. The Morgan fingerprint density at radius 1 is 1.50 bits per heavy atom. The maximum Gasteiger partial charge on any atom is 0.252 e.